The molecule has 0 saturated carbocycles. The lowest BCUT2D eigenvalue weighted by atomic mass is 9.96. The molecule has 0 aromatic carbocycles. The molecular weight excluding hydrogens is 240 g/mol. The van der Waals surface area contributed by atoms with Gasteiger partial charge in [0.25, 0.3) is 0 Å². The molecule has 0 aliphatic carbocycles. The van der Waals surface area contributed by atoms with E-state index < -0.39 is 0 Å². The molecule has 1 amide bonds. The molecule has 1 aromatic rings. The zero-order valence-electron chi connectivity index (χ0n) is 11.7. The van der Waals surface area contributed by atoms with Gasteiger partial charge in [0, 0.05) is 37.9 Å². The Bertz CT molecular complexity index is 410. The van der Waals surface area contributed by atoms with Crippen molar-refractivity contribution in [3.05, 3.63) is 18.0 Å². The summed E-state index contributed by atoms with van der Waals surface area (Å²) in [7, 11) is 0. The van der Waals surface area contributed by atoms with Crippen molar-refractivity contribution >= 4 is 11.9 Å². The molecule has 0 bridgehead atoms. The van der Waals surface area contributed by atoms with Crippen molar-refractivity contribution in [3.63, 3.8) is 0 Å². The van der Waals surface area contributed by atoms with E-state index in [0.29, 0.717) is 6.54 Å². The van der Waals surface area contributed by atoms with E-state index in [1.807, 2.05) is 19.3 Å². The SMILES string of the molecule is CCNC(=O)C1CCN(c2ncc(CC)cn2)CC1. The number of rotatable bonds is 4. The second-order valence-corrected chi connectivity index (χ2v) is 4.90. The van der Waals surface area contributed by atoms with E-state index in [0.717, 1.165) is 43.9 Å². The van der Waals surface area contributed by atoms with Gasteiger partial charge in [0.05, 0.1) is 0 Å². The fourth-order valence-corrected chi connectivity index (χ4v) is 2.35. The van der Waals surface area contributed by atoms with Gasteiger partial charge in [-0.1, -0.05) is 6.92 Å². The van der Waals surface area contributed by atoms with Crippen molar-refractivity contribution in [2.75, 3.05) is 24.5 Å². The van der Waals surface area contributed by atoms with Gasteiger partial charge in [0.2, 0.25) is 11.9 Å². The van der Waals surface area contributed by atoms with Crippen LogP contribution in [0.5, 0.6) is 0 Å². The van der Waals surface area contributed by atoms with Gasteiger partial charge < -0.3 is 10.2 Å². The highest BCUT2D eigenvalue weighted by Gasteiger charge is 2.25. The Morgan fingerprint density at radius 3 is 2.47 bits per heavy atom. The standard InChI is InChI=1S/C14H22N4O/c1-3-11-9-16-14(17-10-11)18-7-5-12(6-8-18)13(19)15-4-2/h9-10,12H,3-8H2,1-2H3,(H,15,19). The number of aryl methyl sites for hydroxylation is 1. The van der Waals surface area contributed by atoms with E-state index in [1.54, 1.807) is 0 Å². The minimum Gasteiger partial charge on any atom is -0.356 e. The van der Waals surface area contributed by atoms with Crippen LogP contribution in [0, 0.1) is 5.92 Å². The monoisotopic (exact) mass is 262 g/mol. The van der Waals surface area contributed by atoms with Crippen LogP contribution < -0.4 is 10.2 Å². The van der Waals surface area contributed by atoms with Crippen molar-refractivity contribution in [2.45, 2.75) is 33.1 Å². The molecule has 5 heteroatoms. The van der Waals surface area contributed by atoms with Crippen LogP contribution in [0.4, 0.5) is 5.95 Å². The van der Waals surface area contributed by atoms with Crippen LogP contribution in [0.3, 0.4) is 0 Å². The maximum absolute atomic E-state index is 11.8. The molecule has 2 rings (SSSR count). The number of carbonyl (C=O) groups excluding carboxylic acids is 1. The van der Waals surface area contributed by atoms with E-state index >= 15 is 0 Å². The van der Waals surface area contributed by atoms with E-state index in [9.17, 15) is 4.79 Å². The Morgan fingerprint density at radius 1 is 1.32 bits per heavy atom. The molecular formula is C14H22N4O. The van der Waals surface area contributed by atoms with Crippen LogP contribution in [-0.4, -0.2) is 35.5 Å². The third kappa shape index (κ3) is 3.43. The van der Waals surface area contributed by atoms with Crippen molar-refractivity contribution in [1.29, 1.82) is 0 Å². The quantitative estimate of drug-likeness (QED) is 0.891. The molecule has 0 radical (unpaired) electrons. The van der Waals surface area contributed by atoms with Gasteiger partial charge in [-0.25, -0.2) is 9.97 Å². The predicted octanol–water partition coefficient (Wildman–Crippen LogP) is 1.39. The smallest absolute Gasteiger partial charge is 0.225 e. The number of anilines is 1. The first-order valence-electron chi connectivity index (χ1n) is 7.08. The number of aromatic nitrogens is 2. The number of nitrogens with zero attached hydrogens (tertiary/aromatic N) is 3. The zero-order chi connectivity index (χ0) is 13.7. The summed E-state index contributed by atoms with van der Waals surface area (Å²) < 4.78 is 0. The summed E-state index contributed by atoms with van der Waals surface area (Å²) in [5.41, 5.74) is 1.15. The maximum Gasteiger partial charge on any atom is 0.225 e. The Morgan fingerprint density at radius 2 is 1.95 bits per heavy atom. The molecule has 0 spiro atoms. The number of hydrogen-bond donors (Lipinski definition) is 1. The van der Waals surface area contributed by atoms with Gasteiger partial charge in [-0.3, -0.25) is 4.79 Å². The predicted molar refractivity (Wildman–Crippen MR) is 75.0 cm³/mol. The Labute approximate surface area is 114 Å². The molecule has 1 saturated heterocycles. The highest BCUT2D eigenvalue weighted by atomic mass is 16.1. The lowest BCUT2D eigenvalue weighted by Gasteiger charge is -2.31. The first-order chi connectivity index (χ1) is 9.24. The Hall–Kier alpha value is -1.65. The van der Waals surface area contributed by atoms with Gasteiger partial charge in [0.15, 0.2) is 0 Å². The summed E-state index contributed by atoms with van der Waals surface area (Å²) in [5, 5.41) is 2.90. The van der Waals surface area contributed by atoms with Gasteiger partial charge in [-0.15, -0.1) is 0 Å². The van der Waals surface area contributed by atoms with E-state index in [4.69, 9.17) is 0 Å². The van der Waals surface area contributed by atoms with Gasteiger partial charge >= 0.3 is 0 Å². The molecule has 1 N–H and O–H groups in total. The third-order valence-electron chi connectivity index (χ3n) is 3.60. The molecule has 0 atom stereocenters. The lowest BCUT2D eigenvalue weighted by Crippen LogP contribution is -2.41. The van der Waals surface area contributed by atoms with Crippen molar-refractivity contribution in [3.8, 4) is 0 Å². The molecule has 19 heavy (non-hydrogen) atoms. The van der Waals surface area contributed by atoms with Gasteiger partial charge in [0.1, 0.15) is 0 Å². The molecule has 1 aromatic heterocycles. The second-order valence-electron chi connectivity index (χ2n) is 4.90. The fraction of sp³-hybridized carbons (Fsp3) is 0.643. The van der Waals surface area contributed by atoms with Crippen LogP contribution in [-0.2, 0) is 11.2 Å². The van der Waals surface area contributed by atoms with Crippen molar-refractivity contribution in [1.82, 2.24) is 15.3 Å². The summed E-state index contributed by atoms with van der Waals surface area (Å²) in [4.78, 5) is 22.7. The summed E-state index contributed by atoms with van der Waals surface area (Å²) in [5.74, 6) is 1.11. The normalized spacial score (nSPS) is 16.4. The van der Waals surface area contributed by atoms with Crippen LogP contribution in [0.1, 0.15) is 32.3 Å². The first-order valence-corrected chi connectivity index (χ1v) is 7.08. The number of carbonyl (C=O) groups is 1. The Kier molecular flexibility index (Phi) is 4.71. The van der Waals surface area contributed by atoms with Crippen LogP contribution in [0.2, 0.25) is 0 Å². The molecule has 1 aliphatic rings. The third-order valence-corrected chi connectivity index (χ3v) is 3.60. The fourth-order valence-electron chi connectivity index (χ4n) is 2.35. The number of piperidine rings is 1. The van der Waals surface area contributed by atoms with E-state index in [-0.39, 0.29) is 11.8 Å². The molecule has 2 heterocycles. The Balaban J connectivity index is 1.90. The maximum atomic E-state index is 11.8. The lowest BCUT2D eigenvalue weighted by molar-refractivity contribution is -0.125. The van der Waals surface area contributed by atoms with E-state index in [1.165, 1.54) is 0 Å². The largest absolute Gasteiger partial charge is 0.356 e. The minimum absolute atomic E-state index is 0.145. The van der Waals surface area contributed by atoms with Crippen molar-refractivity contribution in [2.24, 2.45) is 5.92 Å². The highest BCUT2D eigenvalue weighted by molar-refractivity contribution is 5.78. The second kappa shape index (κ2) is 6.50. The minimum atomic E-state index is 0.145. The number of hydrogen-bond acceptors (Lipinski definition) is 4. The average molecular weight is 262 g/mol. The number of amides is 1. The van der Waals surface area contributed by atoms with Crippen molar-refractivity contribution < 1.29 is 4.79 Å². The van der Waals surface area contributed by atoms with Crippen LogP contribution >= 0.6 is 0 Å². The topological polar surface area (TPSA) is 58.1 Å². The summed E-state index contributed by atoms with van der Waals surface area (Å²) >= 11 is 0. The summed E-state index contributed by atoms with van der Waals surface area (Å²) in [6, 6.07) is 0. The first kappa shape index (κ1) is 13.8. The van der Waals surface area contributed by atoms with Crippen LogP contribution in [0.25, 0.3) is 0 Å². The van der Waals surface area contributed by atoms with E-state index in [2.05, 4.69) is 27.1 Å². The molecule has 1 fully saturated rings. The molecule has 0 unspecified atom stereocenters. The molecule has 5 nitrogen and oxygen atoms in total. The average Bonchev–Trinajstić information content (AvgIpc) is 2.48. The van der Waals surface area contributed by atoms with Gasteiger partial charge in [-0.2, -0.15) is 0 Å². The zero-order valence-corrected chi connectivity index (χ0v) is 11.7. The summed E-state index contributed by atoms with van der Waals surface area (Å²) in [6.45, 7) is 6.47. The molecule has 1 aliphatic heterocycles. The van der Waals surface area contributed by atoms with Crippen LogP contribution in [0.15, 0.2) is 12.4 Å². The highest BCUT2D eigenvalue weighted by Crippen LogP contribution is 2.20. The van der Waals surface area contributed by atoms with Gasteiger partial charge in [-0.05, 0) is 31.7 Å². The molecule has 104 valence electrons. The number of nitrogens with one attached hydrogen (secondary N) is 1. The summed E-state index contributed by atoms with van der Waals surface area (Å²) in [6.07, 6.45) is 6.49.